The molecule has 0 aromatic carbocycles. The molecule has 0 bridgehead atoms. The molecule has 0 spiro atoms. The standard InChI is InChI=1S/C16H16N4O4S2/c1-17-16(23)20-12(21)4-6-25-8-11-18-14(22)13-9(7-26-15(13)19-11)10-3-2-5-24-10/h2-3,5,7H,4,6,8H2,1H3,(H,18,19,22)(H2,17,20,21,23). The zero-order valence-electron chi connectivity index (χ0n) is 13.8. The van der Waals surface area contributed by atoms with Gasteiger partial charge in [-0.25, -0.2) is 9.78 Å². The lowest BCUT2D eigenvalue weighted by molar-refractivity contribution is -0.119. The van der Waals surface area contributed by atoms with E-state index in [2.05, 4.69) is 20.6 Å². The van der Waals surface area contributed by atoms with Gasteiger partial charge in [0.05, 0.1) is 17.4 Å². The number of hydrogen-bond donors (Lipinski definition) is 3. The van der Waals surface area contributed by atoms with E-state index >= 15 is 0 Å². The molecule has 0 atom stereocenters. The number of thioether (sulfide) groups is 1. The number of nitrogens with one attached hydrogen (secondary N) is 3. The van der Waals surface area contributed by atoms with Gasteiger partial charge in [-0.1, -0.05) is 0 Å². The van der Waals surface area contributed by atoms with E-state index in [-0.39, 0.29) is 17.9 Å². The van der Waals surface area contributed by atoms with Gasteiger partial charge >= 0.3 is 6.03 Å². The Morgan fingerprint density at radius 2 is 2.27 bits per heavy atom. The molecule has 8 nitrogen and oxygen atoms in total. The van der Waals surface area contributed by atoms with Crippen LogP contribution in [0.25, 0.3) is 21.5 Å². The van der Waals surface area contributed by atoms with Gasteiger partial charge in [0, 0.05) is 30.2 Å². The van der Waals surface area contributed by atoms with E-state index in [1.165, 1.54) is 30.1 Å². The predicted octanol–water partition coefficient (Wildman–Crippen LogP) is 2.32. The van der Waals surface area contributed by atoms with Crippen LogP contribution in [-0.4, -0.2) is 34.7 Å². The fraction of sp³-hybridized carbons (Fsp3) is 0.250. The number of amides is 3. The minimum atomic E-state index is -0.526. The smallest absolute Gasteiger partial charge is 0.321 e. The summed E-state index contributed by atoms with van der Waals surface area (Å²) in [6.07, 6.45) is 1.76. The maximum atomic E-state index is 12.4. The monoisotopic (exact) mass is 392 g/mol. The molecule has 10 heteroatoms. The zero-order chi connectivity index (χ0) is 18.5. The van der Waals surface area contributed by atoms with Crippen LogP contribution in [0.5, 0.6) is 0 Å². The Balaban J connectivity index is 1.62. The van der Waals surface area contributed by atoms with Gasteiger partial charge < -0.3 is 14.7 Å². The van der Waals surface area contributed by atoms with Crippen LogP contribution in [0.4, 0.5) is 4.79 Å². The highest BCUT2D eigenvalue weighted by atomic mass is 32.2. The summed E-state index contributed by atoms with van der Waals surface area (Å²) >= 11 is 2.84. The van der Waals surface area contributed by atoms with Crippen molar-refractivity contribution in [3.63, 3.8) is 0 Å². The molecule has 3 N–H and O–H groups in total. The van der Waals surface area contributed by atoms with E-state index < -0.39 is 6.03 Å². The first kappa shape index (κ1) is 18.2. The molecular formula is C16H16N4O4S2. The summed E-state index contributed by atoms with van der Waals surface area (Å²) in [5.41, 5.74) is 0.518. The highest BCUT2D eigenvalue weighted by Crippen LogP contribution is 2.31. The van der Waals surface area contributed by atoms with Crippen LogP contribution in [0.1, 0.15) is 12.2 Å². The summed E-state index contributed by atoms with van der Waals surface area (Å²) in [4.78, 5) is 42.9. The molecule has 136 valence electrons. The molecule has 0 unspecified atom stereocenters. The average Bonchev–Trinajstić information content (AvgIpc) is 3.27. The largest absolute Gasteiger partial charge is 0.464 e. The van der Waals surface area contributed by atoms with Crippen molar-refractivity contribution in [3.05, 3.63) is 40.0 Å². The van der Waals surface area contributed by atoms with Crippen LogP contribution in [-0.2, 0) is 10.5 Å². The van der Waals surface area contributed by atoms with E-state index in [0.717, 1.165) is 5.56 Å². The summed E-state index contributed by atoms with van der Waals surface area (Å²) in [6, 6.07) is 3.04. The molecule has 0 saturated heterocycles. The predicted molar refractivity (Wildman–Crippen MR) is 101 cm³/mol. The molecule has 3 rings (SSSR count). The van der Waals surface area contributed by atoms with E-state index in [4.69, 9.17) is 4.42 Å². The summed E-state index contributed by atoms with van der Waals surface area (Å²) < 4.78 is 5.36. The molecule has 0 aliphatic rings. The van der Waals surface area contributed by atoms with E-state index in [1.54, 1.807) is 18.4 Å². The van der Waals surface area contributed by atoms with Gasteiger partial charge in [0.25, 0.3) is 5.56 Å². The van der Waals surface area contributed by atoms with Crippen molar-refractivity contribution in [3.8, 4) is 11.3 Å². The molecule has 26 heavy (non-hydrogen) atoms. The summed E-state index contributed by atoms with van der Waals surface area (Å²) in [7, 11) is 1.44. The Labute approximate surface area is 156 Å². The third-order valence-corrected chi connectivity index (χ3v) is 5.31. The third-order valence-electron chi connectivity index (χ3n) is 3.47. The van der Waals surface area contributed by atoms with Crippen molar-refractivity contribution in [1.29, 1.82) is 0 Å². The number of nitrogens with zero attached hydrogens (tertiary/aromatic N) is 1. The summed E-state index contributed by atoms with van der Waals surface area (Å²) in [5.74, 6) is 1.80. The number of thiophene rings is 1. The first-order valence-corrected chi connectivity index (χ1v) is 9.75. The lowest BCUT2D eigenvalue weighted by atomic mass is 10.2. The molecule has 0 radical (unpaired) electrons. The number of urea groups is 1. The summed E-state index contributed by atoms with van der Waals surface area (Å²) in [6.45, 7) is 0. The first-order chi connectivity index (χ1) is 12.6. The average molecular weight is 392 g/mol. The fourth-order valence-electron chi connectivity index (χ4n) is 2.26. The van der Waals surface area contributed by atoms with E-state index in [1.807, 2.05) is 5.38 Å². The molecule has 3 aromatic rings. The Morgan fingerprint density at radius 3 is 3.00 bits per heavy atom. The Morgan fingerprint density at radius 1 is 1.42 bits per heavy atom. The minimum absolute atomic E-state index is 0.201. The molecule has 0 fully saturated rings. The number of rotatable bonds is 6. The second-order valence-electron chi connectivity index (χ2n) is 5.25. The van der Waals surface area contributed by atoms with Crippen molar-refractivity contribution in [2.24, 2.45) is 0 Å². The van der Waals surface area contributed by atoms with Gasteiger partial charge in [0.2, 0.25) is 5.91 Å². The lowest BCUT2D eigenvalue weighted by Crippen LogP contribution is -2.37. The Hall–Kier alpha value is -2.59. The number of carbonyl (C=O) groups excluding carboxylic acids is 2. The number of aromatic amines is 1. The van der Waals surface area contributed by atoms with Gasteiger partial charge in [-0.3, -0.25) is 14.9 Å². The third kappa shape index (κ3) is 4.14. The van der Waals surface area contributed by atoms with Gasteiger partial charge in [0.15, 0.2) is 0 Å². The maximum absolute atomic E-state index is 12.4. The molecule has 3 aromatic heterocycles. The highest BCUT2D eigenvalue weighted by molar-refractivity contribution is 7.98. The van der Waals surface area contributed by atoms with Gasteiger partial charge in [0.1, 0.15) is 16.4 Å². The lowest BCUT2D eigenvalue weighted by Gasteiger charge is -2.03. The van der Waals surface area contributed by atoms with Gasteiger partial charge in [-0.05, 0) is 12.1 Å². The molecular weight excluding hydrogens is 376 g/mol. The fourth-order valence-corrected chi connectivity index (χ4v) is 4.01. The van der Waals surface area contributed by atoms with E-state index in [0.29, 0.717) is 33.3 Å². The Bertz CT molecular complexity index is 978. The number of fused-ring (bicyclic) bond motifs is 1. The summed E-state index contributed by atoms with van der Waals surface area (Å²) in [5, 5.41) is 6.88. The number of H-pyrrole nitrogens is 1. The van der Waals surface area contributed by atoms with Crippen molar-refractivity contribution in [2.45, 2.75) is 12.2 Å². The topological polar surface area (TPSA) is 117 Å². The molecule has 0 aliphatic heterocycles. The normalized spacial score (nSPS) is 10.8. The number of hydrogen-bond acceptors (Lipinski definition) is 7. The molecule has 3 amide bonds. The van der Waals surface area contributed by atoms with Crippen LogP contribution in [0, 0.1) is 0 Å². The number of aromatic nitrogens is 2. The molecule has 0 aliphatic carbocycles. The zero-order valence-corrected chi connectivity index (χ0v) is 15.5. The number of furan rings is 1. The molecule has 3 heterocycles. The Kier molecular flexibility index (Phi) is 5.74. The van der Waals surface area contributed by atoms with Crippen LogP contribution >= 0.6 is 23.1 Å². The van der Waals surface area contributed by atoms with Crippen LogP contribution in [0.2, 0.25) is 0 Å². The number of carbonyl (C=O) groups is 2. The second kappa shape index (κ2) is 8.19. The molecule has 0 saturated carbocycles. The van der Waals surface area contributed by atoms with Crippen molar-refractivity contribution in [1.82, 2.24) is 20.6 Å². The quantitative estimate of drug-likeness (QED) is 0.554. The maximum Gasteiger partial charge on any atom is 0.321 e. The number of imide groups is 1. The SMILES string of the molecule is CNC(=O)NC(=O)CCSCc1nc2scc(-c3ccco3)c2c(=O)[nH]1. The highest BCUT2D eigenvalue weighted by Gasteiger charge is 2.14. The second-order valence-corrected chi connectivity index (χ2v) is 7.21. The van der Waals surface area contributed by atoms with Crippen molar-refractivity contribution in [2.75, 3.05) is 12.8 Å². The van der Waals surface area contributed by atoms with Gasteiger partial charge in [-0.2, -0.15) is 11.8 Å². The van der Waals surface area contributed by atoms with Crippen LogP contribution in [0.15, 0.2) is 33.0 Å². The van der Waals surface area contributed by atoms with Crippen LogP contribution < -0.4 is 16.2 Å². The van der Waals surface area contributed by atoms with Crippen molar-refractivity contribution >= 4 is 45.3 Å². The van der Waals surface area contributed by atoms with Crippen LogP contribution in [0.3, 0.4) is 0 Å². The first-order valence-electron chi connectivity index (χ1n) is 7.72. The minimum Gasteiger partial charge on any atom is -0.464 e. The van der Waals surface area contributed by atoms with Gasteiger partial charge in [-0.15, -0.1) is 11.3 Å². The van der Waals surface area contributed by atoms with Crippen molar-refractivity contribution < 1.29 is 14.0 Å². The van der Waals surface area contributed by atoms with E-state index in [9.17, 15) is 14.4 Å².